The zero-order chi connectivity index (χ0) is 22.1. The van der Waals surface area contributed by atoms with Crippen LogP contribution in [0.15, 0.2) is 95.7 Å². The minimum absolute atomic E-state index is 0.130. The predicted octanol–water partition coefficient (Wildman–Crippen LogP) is 5.82. The van der Waals surface area contributed by atoms with Gasteiger partial charge in [0.25, 0.3) is 0 Å². The number of anilines is 1. The van der Waals surface area contributed by atoms with E-state index in [9.17, 15) is 0 Å². The van der Waals surface area contributed by atoms with Crippen LogP contribution >= 0.6 is 28.1 Å². The highest BCUT2D eigenvalue weighted by Crippen LogP contribution is 2.44. The molecule has 0 aliphatic carbocycles. The molecule has 160 valence electrons. The van der Waals surface area contributed by atoms with Gasteiger partial charge in [0.05, 0.1) is 24.5 Å². The second-order valence-corrected chi connectivity index (χ2v) is 8.75. The fraction of sp³-hybridized carbons (Fsp3) is 0.120. The van der Waals surface area contributed by atoms with E-state index in [1.807, 2.05) is 60.8 Å². The second-order valence-electron chi connectivity index (χ2n) is 7.45. The van der Waals surface area contributed by atoms with Gasteiger partial charge in [-0.3, -0.25) is 4.98 Å². The van der Waals surface area contributed by atoms with Crippen molar-refractivity contribution in [3.8, 4) is 11.4 Å². The van der Waals surface area contributed by atoms with Gasteiger partial charge in [0.1, 0.15) is 11.8 Å². The molecule has 0 saturated carbocycles. The number of ether oxygens (including phenoxy) is 1. The van der Waals surface area contributed by atoms with Gasteiger partial charge in [-0.15, -0.1) is 0 Å². The van der Waals surface area contributed by atoms with Crippen LogP contribution in [0.25, 0.3) is 5.69 Å². The number of nitrogens with one attached hydrogen (secondary N) is 1. The van der Waals surface area contributed by atoms with Gasteiger partial charge in [-0.2, -0.15) is 0 Å². The first-order valence-corrected chi connectivity index (χ1v) is 11.4. The number of thiocarbonyl (C=S) groups is 1. The SMILES string of the molecule is COc1ccccc1N1C(=S)N[C@H](c2ccccn2)[C@@H]1c1cccn1-c1cccc(Br)c1. The highest BCUT2D eigenvalue weighted by Gasteiger charge is 2.43. The van der Waals surface area contributed by atoms with Crippen molar-refractivity contribution >= 4 is 38.9 Å². The summed E-state index contributed by atoms with van der Waals surface area (Å²) in [6.45, 7) is 0. The number of aromatic nitrogens is 2. The van der Waals surface area contributed by atoms with E-state index in [1.165, 1.54) is 0 Å². The van der Waals surface area contributed by atoms with Crippen LogP contribution in [-0.2, 0) is 0 Å². The quantitative estimate of drug-likeness (QED) is 0.346. The van der Waals surface area contributed by atoms with E-state index < -0.39 is 0 Å². The largest absolute Gasteiger partial charge is 0.495 e. The van der Waals surface area contributed by atoms with Crippen molar-refractivity contribution in [1.82, 2.24) is 14.9 Å². The smallest absolute Gasteiger partial charge is 0.174 e. The van der Waals surface area contributed by atoms with Gasteiger partial charge in [0.2, 0.25) is 0 Å². The first-order valence-electron chi connectivity index (χ1n) is 10.2. The summed E-state index contributed by atoms with van der Waals surface area (Å²) in [5, 5.41) is 4.15. The molecule has 0 bridgehead atoms. The molecule has 2 aromatic carbocycles. The van der Waals surface area contributed by atoms with Crippen LogP contribution < -0.4 is 15.0 Å². The van der Waals surface area contributed by atoms with Gasteiger partial charge in [0, 0.05) is 28.2 Å². The number of pyridine rings is 1. The topological polar surface area (TPSA) is 42.3 Å². The molecule has 2 atom stereocenters. The summed E-state index contributed by atoms with van der Waals surface area (Å²) in [6, 6.07) is 26.1. The monoisotopic (exact) mass is 504 g/mol. The van der Waals surface area contributed by atoms with Crippen LogP contribution in [-0.4, -0.2) is 21.8 Å². The maximum absolute atomic E-state index is 5.85. The van der Waals surface area contributed by atoms with Gasteiger partial charge in [-0.1, -0.05) is 40.2 Å². The Morgan fingerprint density at radius 1 is 1.00 bits per heavy atom. The highest BCUT2D eigenvalue weighted by molar-refractivity contribution is 9.10. The fourth-order valence-corrected chi connectivity index (χ4v) is 4.97. The standard InChI is InChI=1S/C25H21BrN4OS/c1-31-22-13-3-2-11-20(22)30-24(23(28-25(30)32)19-10-4-5-14-27-19)21-12-7-15-29(21)18-9-6-8-17(26)16-18/h2-16,23-24H,1H3,(H,28,32)/t23-,24+/m1/s1. The van der Waals surface area contributed by atoms with Crippen LogP contribution in [0.4, 0.5) is 5.69 Å². The number of hydrogen-bond acceptors (Lipinski definition) is 3. The van der Waals surface area contributed by atoms with Crippen molar-refractivity contribution in [2.75, 3.05) is 12.0 Å². The number of hydrogen-bond donors (Lipinski definition) is 1. The summed E-state index contributed by atoms with van der Waals surface area (Å²) < 4.78 is 8.91. The van der Waals surface area contributed by atoms with Gasteiger partial charge < -0.3 is 19.5 Å². The average Bonchev–Trinajstić information content (AvgIpc) is 3.44. The molecular weight excluding hydrogens is 484 g/mol. The Labute approximate surface area is 200 Å². The van der Waals surface area contributed by atoms with E-state index in [2.05, 4.69) is 66.2 Å². The number of para-hydroxylation sites is 2. The van der Waals surface area contributed by atoms with Crippen molar-refractivity contribution < 1.29 is 4.74 Å². The van der Waals surface area contributed by atoms with Crippen molar-refractivity contribution in [3.63, 3.8) is 0 Å². The molecule has 1 saturated heterocycles. The maximum Gasteiger partial charge on any atom is 0.174 e. The normalized spacial score (nSPS) is 17.9. The van der Waals surface area contributed by atoms with Crippen LogP contribution in [0.2, 0.25) is 0 Å². The molecule has 0 spiro atoms. The van der Waals surface area contributed by atoms with Crippen molar-refractivity contribution in [2.24, 2.45) is 0 Å². The number of rotatable bonds is 5. The molecule has 7 heteroatoms. The number of nitrogens with zero attached hydrogens (tertiary/aromatic N) is 3. The Morgan fingerprint density at radius 3 is 2.62 bits per heavy atom. The van der Waals surface area contributed by atoms with Crippen LogP contribution in [0.5, 0.6) is 5.75 Å². The summed E-state index contributed by atoms with van der Waals surface area (Å²) in [5.74, 6) is 0.767. The van der Waals surface area contributed by atoms with E-state index in [0.29, 0.717) is 5.11 Å². The Balaban J connectivity index is 1.70. The minimum Gasteiger partial charge on any atom is -0.495 e. The summed E-state index contributed by atoms with van der Waals surface area (Å²) in [4.78, 5) is 6.78. The lowest BCUT2D eigenvalue weighted by Crippen LogP contribution is -2.30. The molecule has 4 aromatic rings. The van der Waals surface area contributed by atoms with Crippen LogP contribution in [0.3, 0.4) is 0 Å². The summed E-state index contributed by atoms with van der Waals surface area (Å²) in [5.41, 5.74) is 4.01. The fourth-order valence-electron chi connectivity index (χ4n) is 4.24. The maximum atomic E-state index is 5.85. The van der Waals surface area contributed by atoms with E-state index in [-0.39, 0.29) is 12.1 Å². The first kappa shape index (κ1) is 20.7. The molecule has 0 amide bonds. The molecule has 3 heterocycles. The molecule has 5 nitrogen and oxygen atoms in total. The molecule has 1 aliphatic rings. The van der Waals surface area contributed by atoms with E-state index in [1.54, 1.807) is 7.11 Å². The third-order valence-corrected chi connectivity index (χ3v) is 6.42. The Hall–Kier alpha value is -3.16. The zero-order valence-electron chi connectivity index (χ0n) is 17.4. The molecule has 1 aliphatic heterocycles. The summed E-state index contributed by atoms with van der Waals surface area (Å²) >= 11 is 9.45. The summed E-state index contributed by atoms with van der Waals surface area (Å²) in [6.07, 6.45) is 3.89. The van der Waals surface area contributed by atoms with Crippen LogP contribution in [0.1, 0.15) is 23.5 Å². The van der Waals surface area contributed by atoms with Crippen LogP contribution in [0, 0.1) is 0 Å². The highest BCUT2D eigenvalue weighted by atomic mass is 79.9. The minimum atomic E-state index is -0.136. The van der Waals surface area contributed by atoms with E-state index in [0.717, 1.165) is 33.0 Å². The first-order chi connectivity index (χ1) is 15.7. The Morgan fingerprint density at radius 2 is 1.84 bits per heavy atom. The lowest BCUT2D eigenvalue weighted by atomic mass is 10.0. The molecular formula is C25H21BrN4OS. The van der Waals surface area contributed by atoms with Crippen molar-refractivity contribution in [2.45, 2.75) is 12.1 Å². The molecule has 32 heavy (non-hydrogen) atoms. The van der Waals surface area contributed by atoms with E-state index in [4.69, 9.17) is 17.0 Å². The van der Waals surface area contributed by atoms with Gasteiger partial charge in [-0.25, -0.2) is 0 Å². The lowest BCUT2D eigenvalue weighted by molar-refractivity contribution is 0.414. The molecule has 0 radical (unpaired) electrons. The zero-order valence-corrected chi connectivity index (χ0v) is 19.8. The number of halogens is 1. The summed E-state index contributed by atoms with van der Waals surface area (Å²) in [7, 11) is 1.68. The van der Waals surface area contributed by atoms with Crippen molar-refractivity contribution in [3.05, 3.63) is 107 Å². The molecule has 5 rings (SSSR count). The molecule has 1 fully saturated rings. The average molecular weight is 505 g/mol. The molecule has 2 aromatic heterocycles. The third-order valence-electron chi connectivity index (χ3n) is 5.61. The number of methoxy groups -OCH3 is 1. The Kier molecular flexibility index (Phi) is 5.68. The third kappa shape index (κ3) is 3.67. The Bertz CT molecular complexity index is 1260. The van der Waals surface area contributed by atoms with Gasteiger partial charge >= 0.3 is 0 Å². The predicted molar refractivity (Wildman–Crippen MR) is 134 cm³/mol. The van der Waals surface area contributed by atoms with E-state index >= 15 is 0 Å². The number of benzene rings is 2. The van der Waals surface area contributed by atoms with Gasteiger partial charge in [-0.05, 0) is 66.8 Å². The second kappa shape index (κ2) is 8.76. The molecule has 1 N–H and O–H groups in total. The molecule has 0 unspecified atom stereocenters. The van der Waals surface area contributed by atoms with Crippen molar-refractivity contribution in [1.29, 1.82) is 0 Å². The van der Waals surface area contributed by atoms with Gasteiger partial charge in [0.15, 0.2) is 5.11 Å². The lowest BCUT2D eigenvalue weighted by Gasteiger charge is -2.30.